The predicted octanol–water partition coefficient (Wildman–Crippen LogP) is 7.73. The van der Waals surface area contributed by atoms with E-state index in [1.807, 2.05) is 23.3 Å². The first kappa shape index (κ1) is 51.4. The van der Waals surface area contributed by atoms with E-state index in [0.29, 0.717) is 48.3 Å². The summed E-state index contributed by atoms with van der Waals surface area (Å²) in [5.41, 5.74) is 6.56. The number of allylic oxidation sites excluding steroid dienone is 2. The summed E-state index contributed by atoms with van der Waals surface area (Å²) in [7, 11) is 3.58. The fraction of sp³-hybridized carbons (Fsp3) is 0.830. The van der Waals surface area contributed by atoms with E-state index in [1.165, 1.54) is 49.7 Å². The van der Waals surface area contributed by atoms with E-state index in [2.05, 4.69) is 55.7 Å². The number of aromatic nitrogens is 2. The summed E-state index contributed by atoms with van der Waals surface area (Å²) in [6, 6.07) is 0.147. The minimum Gasteiger partial charge on any atom is -0.396 e. The van der Waals surface area contributed by atoms with Crippen LogP contribution in [0.3, 0.4) is 0 Å². The molecule has 6 aliphatic carbocycles. The number of hydrogen-bond acceptors (Lipinski definition) is 11. The number of carbonyl (C=O) groups excluding carboxylic acids is 1. The van der Waals surface area contributed by atoms with E-state index in [4.69, 9.17) is 10.7 Å². The van der Waals surface area contributed by atoms with Gasteiger partial charge in [0, 0.05) is 53.7 Å². The molecule has 0 amide bonds. The van der Waals surface area contributed by atoms with Crippen LogP contribution < -0.4 is 11.1 Å². The third-order valence-electron chi connectivity index (χ3n) is 19.1. The average Bonchev–Trinajstić information content (AvgIpc) is 4.03. The van der Waals surface area contributed by atoms with E-state index in [1.54, 1.807) is 23.8 Å². The van der Waals surface area contributed by atoms with Gasteiger partial charge < -0.3 is 46.3 Å². The van der Waals surface area contributed by atoms with E-state index in [-0.39, 0.29) is 72.9 Å². The van der Waals surface area contributed by atoms with Crippen LogP contribution in [0.15, 0.2) is 46.5 Å². The van der Waals surface area contributed by atoms with Crippen LogP contribution in [0.4, 0.5) is 0 Å². The Morgan fingerprint density at radius 1 is 1.01 bits per heavy atom. The van der Waals surface area contributed by atoms with Gasteiger partial charge in [0.1, 0.15) is 6.23 Å². The lowest BCUT2D eigenvalue weighted by atomic mass is 9.41. The maximum atomic E-state index is 15.0. The van der Waals surface area contributed by atoms with Crippen molar-refractivity contribution in [3.8, 4) is 0 Å². The number of guanidine groups is 1. The molecule has 67 heavy (non-hydrogen) atoms. The molecule has 14 heteroatoms. The molecule has 9 N–H and O–H groups in total. The average molecular weight is 968 g/mol. The third kappa shape index (κ3) is 9.64. The third-order valence-corrected chi connectivity index (χ3v) is 21.7. The molecule has 5 saturated carbocycles. The molecule has 0 aromatic carbocycles. The number of nitrogens with one attached hydrogen (secondary N) is 1. The quantitative estimate of drug-likeness (QED) is 0.0394. The summed E-state index contributed by atoms with van der Waals surface area (Å²) < 4.78 is 2.25. The molecule has 1 aromatic rings. The van der Waals surface area contributed by atoms with Crippen LogP contribution in [0.1, 0.15) is 157 Å². The van der Waals surface area contributed by atoms with Gasteiger partial charge in [0.05, 0.1) is 36.8 Å². The maximum absolute atomic E-state index is 15.0. The van der Waals surface area contributed by atoms with Crippen molar-refractivity contribution in [2.45, 2.75) is 187 Å². The van der Waals surface area contributed by atoms with Crippen molar-refractivity contribution < 1.29 is 35.4 Å². The highest BCUT2D eigenvalue weighted by molar-refractivity contribution is 8.76. The van der Waals surface area contributed by atoms with Gasteiger partial charge in [0.2, 0.25) is 0 Å². The van der Waals surface area contributed by atoms with Gasteiger partial charge in [0.15, 0.2) is 11.7 Å². The molecule has 1 saturated heterocycles. The fourth-order valence-electron chi connectivity index (χ4n) is 16.1. The summed E-state index contributed by atoms with van der Waals surface area (Å²) in [6.07, 6.45) is 18.6. The molecule has 7 aliphatic rings. The van der Waals surface area contributed by atoms with Gasteiger partial charge in [-0.25, -0.2) is 4.98 Å². The molecule has 0 radical (unpaired) electrons. The van der Waals surface area contributed by atoms with Crippen LogP contribution in [0.5, 0.6) is 0 Å². The number of aliphatic hydroxyl groups is 6. The highest BCUT2D eigenvalue weighted by atomic mass is 33.1. The number of ketones is 1. The van der Waals surface area contributed by atoms with Crippen LogP contribution >= 0.6 is 21.6 Å². The van der Waals surface area contributed by atoms with E-state index < -0.39 is 52.8 Å². The lowest BCUT2D eigenvalue weighted by Gasteiger charge is -2.64. The summed E-state index contributed by atoms with van der Waals surface area (Å²) >= 11 is 0. The van der Waals surface area contributed by atoms with Crippen LogP contribution in [0.2, 0.25) is 0 Å². The Morgan fingerprint density at radius 2 is 1.75 bits per heavy atom. The lowest BCUT2D eigenvalue weighted by molar-refractivity contribution is -0.187. The predicted molar refractivity (Wildman–Crippen MR) is 269 cm³/mol. The molecule has 1 aliphatic heterocycles. The molecule has 2 bridgehead atoms. The second-order valence-electron chi connectivity index (χ2n) is 24.0. The van der Waals surface area contributed by atoms with Gasteiger partial charge in [-0.05, 0) is 148 Å². The van der Waals surface area contributed by atoms with Crippen LogP contribution in [0.25, 0.3) is 0 Å². The van der Waals surface area contributed by atoms with Crippen LogP contribution in [-0.4, -0.2) is 107 Å². The highest BCUT2D eigenvalue weighted by Gasteiger charge is 2.74. The number of aliphatic hydroxyl groups excluding tert-OH is 5. The first-order valence-electron chi connectivity index (χ1n) is 26.1. The van der Waals surface area contributed by atoms with Crippen LogP contribution in [-0.2, 0) is 4.79 Å². The zero-order valence-electron chi connectivity index (χ0n) is 41.4. The van der Waals surface area contributed by atoms with Crippen molar-refractivity contribution in [3.05, 3.63) is 41.5 Å². The van der Waals surface area contributed by atoms with Gasteiger partial charge in [-0.1, -0.05) is 93.0 Å². The van der Waals surface area contributed by atoms with Gasteiger partial charge in [0.25, 0.3) is 0 Å². The van der Waals surface area contributed by atoms with E-state index >= 15 is 0 Å². The van der Waals surface area contributed by atoms with Crippen molar-refractivity contribution in [3.63, 3.8) is 0 Å². The molecule has 14 unspecified atom stereocenters. The van der Waals surface area contributed by atoms with Crippen molar-refractivity contribution in [1.29, 1.82) is 0 Å². The number of hydrogen-bond donors (Lipinski definition) is 8. The van der Waals surface area contributed by atoms with Gasteiger partial charge >= 0.3 is 0 Å². The fourth-order valence-corrected chi connectivity index (χ4v) is 18.8. The monoisotopic (exact) mass is 968 g/mol. The molecule has 6 fully saturated rings. The normalized spacial score (nSPS) is 41.8. The van der Waals surface area contributed by atoms with Gasteiger partial charge in [-0.2, -0.15) is 0 Å². The number of aliphatic imine (C=N–C) groups is 1. The summed E-state index contributed by atoms with van der Waals surface area (Å²) in [5, 5.41) is 75.5. The molecule has 14 atom stereocenters. The van der Waals surface area contributed by atoms with Crippen molar-refractivity contribution in [1.82, 2.24) is 14.9 Å². The molecule has 2 heterocycles. The molecular weight excluding hydrogens is 883 g/mol. The molecular formula is C53H85N5O7S2. The zero-order valence-corrected chi connectivity index (χ0v) is 43.0. The Hall–Kier alpha value is -1.91. The maximum Gasteiger partial charge on any atom is 0.190 e. The number of rotatable bonds is 9. The second-order valence-corrected chi connectivity index (χ2v) is 26.6. The lowest BCUT2D eigenvalue weighted by Crippen LogP contribution is -2.67. The second kappa shape index (κ2) is 20.3. The van der Waals surface area contributed by atoms with Gasteiger partial charge in [-0.3, -0.25) is 9.79 Å². The van der Waals surface area contributed by atoms with Gasteiger partial charge in [-0.15, -0.1) is 0 Å². The Kier molecular flexibility index (Phi) is 15.6. The van der Waals surface area contributed by atoms with E-state index in [0.717, 1.165) is 37.9 Å². The first-order chi connectivity index (χ1) is 31.8. The smallest absolute Gasteiger partial charge is 0.190 e. The molecule has 376 valence electrons. The number of carbonyl (C=O) groups is 1. The number of nitrogens with two attached hydrogens (primary N) is 1. The number of imidazole rings is 1. The van der Waals surface area contributed by atoms with Crippen molar-refractivity contribution >= 4 is 33.3 Å². The zero-order chi connectivity index (χ0) is 48.1. The Balaban J connectivity index is 1.27. The minimum absolute atomic E-state index is 0.0821. The van der Waals surface area contributed by atoms with Crippen molar-refractivity contribution in [2.24, 2.45) is 73.8 Å². The van der Waals surface area contributed by atoms with Crippen molar-refractivity contribution in [2.75, 3.05) is 24.7 Å². The molecule has 1 spiro atoms. The summed E-state index contributed by atoms with van der Waals surface area (Å²) in [6.45, 7) is 12.7. The SMILES string of the molecule is CC(C)CCCC12CC(O)C(O)CC1C(=O)C=C1C2C(CN=C(N)NC(C)O)CC2(CO)C3CC(CSSCC(n4ccnc4)CC(C)(C)C(=C4CCCC5(CCCC5)C4)CC(O)C3C)C12O. The summed E-state index contributed by atoms with van der Waals surface area (Å²) in [5.74, 6) is -0.477. The Labute approximate surface area is 408 Å². The standard InChI is InChI=1S/C53H85N5O7S2/c1-32(2)11-9-16-51-26-46(64)45(63)21-41(51)44(62)22-42-47(51)36(27-56-48(54)57-34(4)60)24-52(30-59)39-19-37(53(42,52)65)28-66-67-29-38(58-18-17-55-31-58)25-49(5,6)40(20-43(61)33(39)3)35-12-10-15-50(23-35)13-7-8-14-50/h17-18,22,31-34,36-39,41,43,45-47,59-61,63-65H,7-16,19-21,23-30H2,1-6H3,(H3,54,56,57). The summed E-state index contributed by atoms with van der Waals surface area (Å²) in [4.78, 5) is 24.3. The largest absolute Gasteiger partial charge is 0.396 e. The molecule has 1 aromatic heterocycles. The first-order valence-corrected chi connectivity index (χ1v) is 28.6. The minimum atomic E-state index is -1.61. The number of nitrogens with zero attached hydrogens (tertiary/aromatic N) is 3. The van der Waals surface area contributed by atoms with Crippen LogP contribution in [0, 0.1) is 63.1 Å². The Morgan fingerprint density at radius 3 is 2.43 bits per heavy atom. The molecule has 8 rings (SSSR count). The Bertz CT molecular complexity index is 1990. The number of fused-ring (bicyclic) bond motifs is 9. The molecule has 12 nitrogen and oxygen atoms in total. The highest BCUT2D eigenvalue weighted by Crippen LogP contribution is 2.72. The topological polar surface area (TPSA) is 207 Å². The van der Waals surface area contributed by atoms with E-state index in [9.17, 15) is 35.4 Å².